The molecule has 0 amide bonds. The zero-order valence-electron chi connectivity index (χ0n) is 21.1. The molecule has 0 aromatic heterocycles. The van der Waals surface area contributed by atoms with Gasteiger partial charge >= 0.3 is 17.4 Å². The van der Waals surface area contributed by atoms with Crippen molar-refractivity contribution in [2.45, 2.75) is 174 Å². The maximum absolute atomic E-state index is 8.75. The predicted molar refractivity (Wildman–Crippen MR) is 139 cm³/mol. The summed E-state index contributed by atoms with van der Waals surface area (Å²) in [5, 5.41) is 8.75. The average molecular weight is 438 g/mol. The van der Waals surface area contributed by atoms with Crippen LogP contribution in [0, 0.1) is 0 Å². The second-order valence-electron chi connectivity index (χ2n) is 9.56. The van der Waals surface area contributed by atoms with E-state index in [0.717, 1.165) is 6.42 Å². The fraction of sp³-hybridized carbons (Fsp3) is 1.00. The zero-order valence-corrected chi connectivity index (χ0v) is 22.3. The van der Waals surface area contributed by atoms with Gasteiger partial charge in [0.25, 0.3) is 0 Å². The molecule has 0 saturated heterocycles. The molecule has 2 heteroatoms. The Kier molecular flexibility index (Phi) is 34.5. The summed E-state index contributed by atoms with van der Waals surface area (Å²) < 4.78 is 0. The van der Waals surface area contributed by atoms with Crippen LogP contribution in [0.2, 0.25) is 0 Å². The van der Waals surface area contributed by atoms with Crippen LogP contribution < -0.4 is 0 Å². The fourth-order valence-corrected chi connectivity index (χ4v) is 4.43. The van der Waals surface area contributed by atoms with Crippen LogP contribution in [0.5, 0.6) is 0 Å². The van der Waals surface area contributed by atoms with Gasteiger partial charge in [0.05, 0.1) is 0 Å². The van der Waals surface area contributed by atoms with Crippen molar-refractivity contribution in [1.82, 2.24) is 0 Å². The van der Waals surface area contributed by atoms with E-state index in [1.54, 1.807) is 0 Å². The Bertz CT molecular complexity index is 243. The largest absolute Gasteiger partial charge is 3.00 e. The van der Waals surface area contributed by atoms with Crippen molar-refractivity contribution < 1.29 is 5.11 Å². The van der Waals surface area contributed by atoms with E-state index in [2.05, 4.69) is 6.92 Å². The van der Waals surface area contributed by atoms with Crippen molar-refractivity contribution in [3.05, 3.63) is 0 Å². The van der Waals surface area contributed by atoms with Crippen molar-refractivity contribution in [2.75, 3.05) is 6.61 Å². The van der Waals surface area contributed by atoms with E-state index in [9.17, 15) is 0 Å². The summed E-state index contributed by atoms with van der Waals surface area (Å²) >= 11 is 0. The van der Waals surface area contributed by atoms with Crippen LogP contribution in [-0.4, -0.2) is 29.1 Å². The number of hydrogen-bond acceptors (Lipinski definition) is 1. The molecule has 30 heavy (non-hydrogen) atoms. The van der Waals surface area contributed by atoms with Crippen LogP contribution >= 0.6 is 0 Å². The molecule has 0 aromatic carbocycles. The molecule has 0 rings (SSSR count). The minimum absolute atomic E-state index is 0. The summed E-state index contributed by atoms with van der Waals surface area (Å²) in [4.78, 5) is 0. The molecular formula is C28H58AlO+3. The average Bonchev–Trinajstić information content (AvgIpc) is 2.74. The van der Waals surface area contributed by atoms with Crippen LogP contribution in [0.4, 0.5) is 0 Å². The fourth-order valence-electron chi connectivity index (χ4n) is 4.43. The summed E-state index contributed by atoms with van der Waals surface area (Å²) in [5.74, 6) is 0. The minimum atomic E-state index is 0. The van der Waals surface area contributed by atoms with Gasteiger partial charge in [-0.15, -0.1) is 0 Å². The van der Waals surface area contributed by atoms with Gasteiger partial charge in [0.1, 0.15) is 0 Å². The maximum Gasteiger partial charge on any atom is 3.00 e. The quantitative estimate of drug-likeness (QED) is 0.105. The van der Waals surface area contributed by atoms with E-state index in [0.29, 0.717) is 6.61 Å². The normalized spacial score (nSPS) is 11.0. The van der Waals surface area contributed by atoms with Crippen LogP contribution in [0.3, 0.4) is 0 Å². The molecule has 0 heterocycles. The van der Waals surface area contributed by atoms with Gasteiger partial charge in [0, 0.05) is 6.61 Å². The molecule has 0 fully saturated rings. The third kappa shape index (κ3) is 30.7. The molecule has 1 N–H and O–H groups in total. The molecule has 0 bridgehead atoms. The summed E-state index contributed by atoms with van der Waals surface area (Å²) in [6, 6.07) is 0. The number of unbranched alkanes of at least 4 members (excludes halogenated alkanes) is 25. The Morgan fingerprint density at radius 3 is 0.633 bits per heavy atom. The Morgan fingerprint density at radius 1 is 0.300 bits per heavy atom. The zero-order chi connectivity index (χ0) is 21.1. The number of rotatable bonds is 26. The van der Waals surface area contributed by atoms with Gasteiger partial charge in [-0.1, -0.05) is 167 Å². The molecule has 0 aliphatic rings. The van der Waals surface area contributed by atoms with Gasteiger partial charge in [0.15, 0.2) is 0 Å². The molecule has 0 radical (unpaired) electrons. The topological polar surface area (TPSA) is 20.2 Å². The van der Waals surface area contributed by atoms with Crippen molar-refractivity contribution in [2.24, 2.45) is 0 Å². The van der Waals surface area contributed by atoms with Gasteiger partial charge in [-0.25, -0.2) is 0 Å². The molecule has 0 atom stereocenters. The summed E-state index contributed by atoms with van der Waals surface area (Å²) in [7, 11) is 0. The Morgan fingerprint density at radius 2 is 0.467 bits per heavy atom. The number of hydrogen-bond donors (Lipinski definition) is 1. The standard InChI is InChI=1S/C28H58O.Al/c1-2-3-4-5-6-7-8-9-10-11-12-13-14-15-16-17-18-19-20-21-22-23-24-25-26-27-28-29;/h29H,2-28H2,1H3;/q;+3. The van der Waals surface area contributed by atoms with Crippen molar-refractivity contribution in [3.63, 3.8) is 0 Å². The first-order chi connectivity index (χ1) is 14.4. The van der Waals surface area contributed by atoms with E-state index in [4.69, 9.17) is 5.11 Å². The molecule has 0 spiro atoms. The van der Waals surface area contributed by atoms with Gasteiger partial charge in [-0.05, 0) is 6.42 Å². The van der Waals surface area contributed by atoms with E-state index in [-0.39, 0.29) is 17.4 Å². The summed E-state index contributed by atoms with van der Waals surface area (Å²) in [6.07, 6.45) is 37.1. The van der Waals surface area contributed by atoms with E-state index in [1.165, 1.54) is 161 Å². The molecule has 176 valence electrons. The molecule has 0 aromatic rings. The maximum atomic E-state index is 8.75. The van der Waals surface area contributed by atoms with Gasteiger partial charge in [-0.2, -0.15) is 0 Å². The molecular weight excluding hydrogens is 379 g/mol. The second kappa shape index (κ2) is 31.7. The molecule has 1 nitrogen and oxygen atoms in total. The molecule has 0 aliphatic heterocycles. The monoisotopic (exact) mass is 437 g/mol. The summed E-state index contributed by atoms with van der Waals surface area (Å²) in [6.45, 7) is 2.67. The first-order valence-electron chi connectivity index (χ1n) is 14.0. The Balaban J connectivity index is 0. The van der Waals surface area contributed by atoms with Crippen LogP contribution in [0.25, 0.3) is 0 Å². The third-order valence-corrected chi connectivity index (χ3v) is 6.51. The van der Waals surface area contributed by atoms with Crippen LogP contribution in [0.1, 0.15) is 174 Å². The van der Waals surface area contributed by atoms with Crippen molar-refractivity contribution >= 4 is 17.4 Å². The van der Waals surface area contributed by atoms with Crippen molar-refractivity contribution in [3.8, 4) is 0 Å². The van der Waals surface area contributed by atoms with E-state index in [1.807, 2.05) is 0 Å². The molecule has 0 aliphatic carbocycles. The Hall–Kier alpha value is 0.492. The van der Waals surface area contributed by atoms with Crippen LogP contribution in [0.15, 0.2) is 0 Å². The summed E-state index contributed by atoms with van der Waals surface area (Å²) in [5.41, 5.74) is 0. The van der Waals surface area contributed by atoms with Gasteiger partial charge < -0.3 is 5.11 Å². The first kappa shape index (κ1) is 32.7. The van der Waals surface area contributed by atoms with E-state index >= 15 is 0 Å². The number of aliphatic hydroxyl groups excluding tert-OH is 1. The molecule has 0 unspecified atom stereocenters. The van der Waals surface area contributed by atoms with E-state index < -0.39 is 0 Å². The molecule has 0 saturated carbocycles. The SMILES string of the molecule is CCCCCCCCCCCCCCCCCCCCCCCCCCCCO.[Al+3]. The van der Waals surface area contributed by atoms with Gasteiger partial charge in [-0.3, -0.25) is 0 Å². The smallest absolute Gasteiger partial charge is 0.396 e. The van der Waals surface area contributed by atoms with Crippen molar-refractivity contribution in [1.29, 1.82) is 0 Å². The number of aliphatic hydroxyl groups is 1. The minimum Gasteiger partial charge on any atom is -0.396 e. The predicted octanol–water partition coefficient (Wildman–Crippen LogP) is 9.76. The second-order valence-corrected chi connectivity index (χ2v) is 9.56. The first-order valence-corrected chi connectivity index (χ1v) is 14.0. The Labute approximate surface area is 202 Å². The van der Waals surface area contributed by atoms with Gasteiger partial charge in [0.2, 0.25) is 0 Å². The van der Waals surface area contributed by atoms with Crippen LogP contribution in [-0.2, 0) is 0 Å². The third-order valence-electron chi connectivity index (χ3n) is 6.51.